The van der Waals surface area contributed by atoms with Crippen LogP contribution in [0.1, 0.15) is 19.3 Å². The van der Waals surface area contributed by atoms with Gasteiger partial charge in [0.15, 0.2) is 0 Å². The van der Waals surface area contributed by atoms with Gasteiger partial charge in [-0.05, 0) is 25.0 Å². The number of nitrogen functional groups attached to an aromatic ring is 1. The Kier molecular flexibility index (Phi) is 6.48. The van der Waals surface area contributed by atoms with Gasteiger partial charge in [-0.15, -0.1) is 0 Å². The minimum absolute atomic E-state index is 0.0943. The van der Waals surface area contributed by atoms with E-state index in [0.717, 1.165) is 31.8 Å². The second kappa shape index (κ2) is 8.13. The summed E-state index contributed by atoms with van der Waals surface area (Å²) in [6.07, 6.45) is 2.54. The van der Waals surface area contributed by atoms with E-state index in [2.05, 4.69) is 5.32 Å². The predicted molar refractivity (Wildman–Crippen MR) is 90.4 cm³/mol. The second-order valence-corrected chi connectivity index (χ2v) is 7.06. The molecule has 0 saturated carbocycles. The molecule has 4 nitrogen and oxygen atoms in total. The fourth-order valence-corrected chi connectivity index (χ4v) is 3.84. The van der Waals surface area contributed by atoms with E-state index in [9.17, 15) is 4.79 Å². The predicted octanol–water partition coefficient (Wildman–Crippen LogP) is 3.82. The van der Waals surface area contributed by atoms with Crippen LogP contribution in [0, 0.1) is 0 Å². The molecule has 1 aliphatic heterocycles. The van der Waals surface area contributed by atoms with E-state index >= 15 is 0 Å². The molecule has 1 heterocycles. The zero-order valence-corrected chi connectivity index (χ0v) is 13.9. The third-order valence-corrected chi connectivity index (χ3v) is 5.16. The number of halogens is 2. The molecule has 21 heavy (non-hydrogen) atoms. The molecule has 116 valence electrons. The molecule has 0 unspecified atom stereocenters. The molecule has 0 aromatic heterocycles. The Morgan fingerprint density at radius 3 is 2.57 bits per heavy atom. The lowest BCUT2D eigenvalue weighted by Crippen LogP contribution is -2.19. The topological polar surface area (TPSA) is 64.3 Å². The molecular weight excluding hydrogens is 331 g/mol. The van der Waals surface area contributed by atoms with Crippen molar-refractivity contribution in [1.29, 1.82) is 0 Å². The van der Waals surface area contributed by atoms with Gasteiger partial charge in [0, 0.05) is 36.3 Å². The Labute approximate surface area is 138 Å². The molecule has 2 rings (SSSR count). The van der Waals surface area contributed by atoms with E-state index in [4.69, 9.17) is 33.7 Å². The van der Waals surface area contributed by atoms with Crippen molar-refractivity contribution in [2.24, 2.45) is 0 Å². The summed E-state index contributed by atoms with van der Waals surface area (Å²) < 4.78 is 5.31. The monoisotopic (exact) mass is 348 g/mol. The van der Waals surface area contributed by atoms with Crippen LogP contribution in [0.4, 0.5) is 11.4 Å². The zero-order chi connectivity index (χ0) is 15.2. The molecule has 0 spiro atoms. The summed E-state index contributed by atoms with van der Waals surface area (Å²) in [5.74, 6) is 0.684. The van der Waals surface area contributed by atoms with Gasteiger partial charge >= 0.3 is 0 Å². The van der Waals surface area contributed by atoms with Gasteiger partial charge in [0.2, 0.25) is 5.91 Å². The van der Waals surface area contributed by atoms with Crippen molar-refractivity contribution in [3.8, 4) is 0 Å². The second-order valence-electron chi connectivity index (χ2n) is 4.84. The molecule has 1 aromatic carbocycles. The van der Waals surface area contributed by atoms with Crippen LogP contribution in [0.5, 0.6) is 0 Å². The summed E-state index contributed by atoms with van der Waals surface area (Å²) >= 11 is 13.9. The van der Waals surface area contributed by atoms with Gasteiger partial charge in [-0.25, -0.2) is 0 Å². The number of hydrogen-bond acceptors (Lipinski definition) is 4. The fourth-order valence-electron chi connectivity index (χ4n) is 2.07. The maximum atomic E-state index is 11.9. The van der Waals surface area contributed by atoms with Crippen LogP contribution in [-0.4, -0.2) is 30.1 Å². The minimum atomic E-state index is -0.0943. The highest BCUT2D eigenvalue weighted by atomic mass is 35.5. The maximum Gasteiger partial charge on any atom is 0.225 e. The molecule has 1 aromatic rings. The Morgan fingerprint density at radius 2 is 1.95 bits per heavy atom. The maximum absolute atomic E-state index is 11.9. The highest BCUT2D eigenvalue weighted by molar-refractivity contribution is 7.99. The standard InChI is InChI=1S/C14H18Cl2N2O2S/c15-11-7-9(17)8-12(16)14(11)18-13(19)3-6-21-10-1-4-20-5-2-10/h7-8,10H,1-6,17H2,(H,18,19). The average molecular weight is 349 g/mol. The van der Waals surface area contributed by atoms with Crippen LogP contribution in [-0.2, 0) is 9.53 Å². The van der Waals surface area contributed by atoms with Gasteiger partial charge in [0.05, 0.1) is 15.7 Å². The van der Waals surface area contributed by atoms with Crippen molar-refractivity contribution in [2.75, 3.05) is 30.0 Å². The Balaban J connectivity index is 1.79. The normalized spacial score (nSPS) is 15.9. The molecule has 7 heteroatoms. The van der Waals surface area contributed by atoms with Gasteiger partial charge < -0.3 is 15.8 Å². The molecule has 0 aliphatic carbocycles. The molecule has 0 atom stereocenters. The third kappa shape index (κ3) is 5.25. The Hall–Kier alpha value is -0.620. The van der Waals surface area contributed by atoms with Crippen LogP contribution < -0.4 is 11.1 Å². The minimum Gasteiger partial charge on any atom is -0.399 e. The zero-order valence-electron chi connectivity index (χ0n) is 11.5. The van der Waals surface area contributed by atoms with Crippen molar-refractivity contribution in [3.63, 3.8) is 0 Å². The molecule has 1 saturated heterocycles. The lowest BCUT2D eigenvalue weighted by atomic mass is 10.2. The van der Waals surface area contributed by atoms with Gasteiger partial charge in [0.1, 0.15) is 0 Å². The number of benzene rings is 1. The number of rotatable bonds is 5. The summed E-state index contributed by atoms with van der Waals surface area (Å²) in [6, 6.07) is 3.14. The van der Waals surface area contributed by atoms with Crippen molar-refractivity contribution in [2.45, 2.75) is 24.5 Å². The van der Waals surface area contributed by atoms with Gasteiger partial charge in [-0.1, -0.05) is 23.2 Å². The van der Waals surface area contributed by atoms with Gasteiger partial charge in [0.25, 0.3) is 0 Å². The van der Waals surface area contributed by atoms with Crippen molar-refractivity contribution < 1.29 is 9.53 Å². The number of carbonyl (C=O) groups excluding carboxylic acids is 1. The number of ether oxygens (including phenoxy) is 1. The highest BCUT2D eigenvalue weighted by Gasteiger charge is 2.15. The number of anilines is 2. The van der Waals surface area contributed by atoms with Gasteiger partial charge in [-0.2, -0.15) is 11.8 Å². The summed E-state index contributed by atoms with van der Waals surface area (Å²) in [7, 11) is 0. The van der Waals surface area contributed by atoms with E-state index in [1.807, 2.05) is 11.8 Å². The molecule has 1 amide bonds. The fraction of sp³-hybridized carbons (Fsp3) is 0.500. The first-order valence-corrected chi connectivity index (χ1v) is 8.60. The summed E-state index contributed by atoms with van der Waals surface area (Å²) in [4.78, 5) is 11.9. The number of amides is 1. The number of nitrogens with two attached hydrogens (primary N) is 1. The number of hydrogen-bond donors (Lipinski definition) is 2. The molecule has 3 N–H and O–H groups in total. The highest BCUT2D eigenvalue weighted by Crippen LogP contribution is 2.33. The first-order chi connectivity index (χ1) is 10.1. The van der Waals surface area contributed by atoms with Crippen molar-refractivity contribution >= 4 is 52.2 Å². The van der Waals surface area contributed by atoms with Crippen LogP contribution >= 0.6 is 35.0 Å². The average Bonchev–Trinajstić information content (AvgIpc) is 2.44. The Morgan fingerprint density at radius 1 is 1.33 bits per heavy atom. The molecule has 0 bridgehead atoms. The van der Waals surface area contributed by atoms with Crippen LogP contribution in [0.25, 0.3) is 0 Å². The molecule has 0 radical (unpaired) electrons. The van der Waals surface area contributed by atoms with E-state index < -0.39 is 0 Å². The third-order valence-electron chi connectivity index (χ3n) is 3.18. The van der Waals surface area contributed by atoms with E-state index in [1.54, 1.807) is 12.1 Å². The quantitative estimate of drug-likeness (QED) is 0.794. The number of carbonyl (C=O) groups is 1. The van der Waals surface area contributed by atoms with E-state index in [0.29, 0.717) is 33.1 Å². The van der Waals surface area contributed by atoms with E-state index in [-0.39, 0.29) is 5.91 Å². The first kappa shape index (κ1) is 16.7. The number of nitrogens with one attached hydrogen (secondary N) is 1. The number of thioether (sulfide) groups is 1. The Bertz CT molecular complexity index is 485. The SMILES string of the molecule is Nc1cc(Cl)c(NC(=O)CCSC2CCOCC2)c(Cl)c1. The molecule has 1 aliphatic rings. The van der Waals surface area contributed by atoms with Gasteiger partial charge in [-0.3, -0.25) is 4.79 Å². The molecule has 1 fully saturated rings. The lowest BCUT2D eigenvalue weighted by Gasteiger charge is -2.21. The van der Waals surface area contributed by atoms with Crippen LogP contribution in [0.15, 0.2) is 12.1 Å². The molecular formula is C14H18Cl2N2O2S. The summed E-state index contributed by atoms with van der Waals surface area (Å²) in [6.45, 7) is 1.64. The van der Waals surface area contributed by atoms with Crippen molar-refractivity contribution in [3.05, 3.63) is 22.2 Å². The lowest BCUT2D eigenvalue weighted by molar-refractivity contribution is -0.115. The summed E-state index contributed by atoms with van der Waals surface area (Å²) in [5.41, 5.74) is 6.52. The smallest absolute Gasteiger partial charge is 0.225 e. The van der Waals surface area contributed by atoms with Crippen LogP contribution in [0.2, 0.25) is 10.0 Å². The van der Waals surface area contributed by atoms with Crippen LogP contribution in [0.3, 0.4) is 0 Å². The summed E-state index contributed by atoms with van der Waals surface area (Å²) in [5, 5.41) is 4.04. The largest absolute Gasteiger partial charge is 0.399 e. The first-order valence-electron chi connectivity index (χ1n) is 6.80. The van der Waals surface area contributed by atoms with Crippen molar-refractivity contribution in [1.82, 2.24) is 0 Å². The van der Waals surface area contributed by atoms with E-state index in [1.165, 1.54) is 0 Å².